The van der Waals surface area contributed by atoms with Gasteiger partial charge in [0, 0.05) is 31.3 Å². The number of carboxylic acid groups (broad SMARTS) is 1. The Hall–Kier alpha value is -7.29. The number of phenols is 1. The Bertz CT molecular complexity index is 2330. The van der Waals surface area contributed by atoms with E-state index in [1.54, 1.807) is 13.8 Å². The summed E-state index contributed by atoms with van der Waals surface area (Å²) in [5, 5.41) is 63.5. The van der Waals surface area contributed by atoms with Crippen molar-refractivity contribution in [3.05, 3.63) is 29.8 Å². The molecule has 0 aromatic heterocycles. The van der Waals surface area contributed by atoms with Crippen LogP contribution in [-0.2, 0) is 68.7 Å². The van der Waals surface area contributed by atoms with Crippen molar-refractivity contribution in [1.29, 1.82) is 0 Å². The summed E-state index contributed by atoms with van der Waals surface area (Å²) < 4.78 is 0. The van der Waals surface area contributed by atoms with Crippen LogP contribution in [0.25, 0.3) is 0 Å². The highest BCUT2D eigenvalue weighted by Gasteiger charge is 2.36. The Morgan fingerprint density at radius 1 is 0.550 bits per heavy atom. The Morgan fingerprint density at radius 2 is 1.01 bits per heavy atom. The van der Waals surface area contributed by atoms with Gasteiger partial charge >= 0.3 is 5.97 Å². The number of amides is 12. The third-order valence-corrected chi connectivity index (χ3v) is 12.3. The minimum Gasteiger partial charge on any atom is -0.508 e. The fourth-order valence-electron chi connectivity index (χ4n) is 7.33. The number of rotatable bonds is 37. The molecule has 1 rings (SSSR count). The van der Waals surface area contributed by atoms with Crippen LogP contribution in [-0.4, -0.2) is 188 Å². The molecule has 0 aliphatic carbocycles. The van der Waals surface area contributed by atoms with Gasteiger partial charge in [-0.2, -0.15) is 25.3 Å². The second-order valence-electron chi connectivity index (χ2n) is 19.0. The highest BCUT2D eigenvalue weighted by atomic mass is 32.1. The maximum atomic E-state index is 14.1. The van der Waals surface area contributed by atoms with E-state index in [2.05, 4.69) is 78.4 Å². The van der Waals surface area contributed by atoms with Gasteiger partial charge in [0.2, 0.25) is 70.9 Å². The van der Waals surface area contributed by atoms with E-state index in [9.17, 15) is 82.8 Å². The van der Waals surface area contributed by atoms with E-state index < -0.39 is 169 Å². The Balaban J connectivity index is 3.43. The van der Waals surface area contributed by atoms with Gasteiger partial charge in [0.25, 0.3) is 0 Å². The van der Waals surface area contributed by atoms with Gasteiger partial charge in [-0.1, -0.05) is 26.0 Å². The van der Waals surface area contributed by atoms with Crippen LogP contribution in [0.2, 0.25) is 0 Å². The lowest BCUT2D eigenvalue weighted by atomic mass is 10.0. The molecule has 0 radical (unpaired) electrons. The summed E-state index contributed by atoms with van der Waals surface area (Å²) in [5.74, 6) is -14.4. The predicted octanol–water partition coefficient (Wildman–Crippen LogP) is -6.54. The Kier molecular flexibility index (Phi) is 31.9. The van der Waals surface area contributed by atoms with Crippen molar-refractivity contribution in [3.8, 4) is 5.75 Å². The third-order valence-electron chi connectivity index (χ3n) is 11.5. The number of carboxylic acids is 1. The number of aliphatic hydroxyl groups is 2. The predicted molar refractivity (Wildman–Crippen MR) is 291 cm³/mol. The number of benzene rings is 1. The molecule has 0 saturated carbocycles. The number of thiol groups is 2. The summed E-state index contributed by atoms with van der Waals surface area (Å²) >= 11 is 8.00. The van der Waals surface area contributed by atoms with Gasteiger partial charge in [0.05, 0.1) is 25.2 Å². The molecule has 20 N–H and O–H groups in total. The van der Waals surface area contributed by atoms with Crippen LogP contribution in [0.5, 0.6) is 5.75 Å². The average Bonchev–Trinajstić information content (AvgIpc) is 3.37. The molecule has 80 heavy (non-hydrogen) atoms. The average molecular weight is 1170 g/mol. The van der Waals surface area contributed by atoms with E-state index >= 15 is 0 Å². The lowest BCUT2D eigenvalue weighted by molar-refractivity contribution is -0.138. The molecule has 0 spiro atoms. The molecule has 1 aromatic rings. The summed E-state index contributed by atoms with van der Waals surface area (Å²) in [6.07, 6.45) is -5.25. The molecule has 0 aliphatic heterocycles. The first-order valence-electron chi connectivity index (χ1n) is 25.3. The topological polar surface area (TPSA) is 501 Å². The molecule has 0 saturated heterocycles. The van der Waals surface area contributed by atoms with Crippen molar-refractivity contribution in [3.63, 3.8) is 0 Å². The van der Waals surface area contributed by atoms with Crippen LogP contribution in [0.15, 0.2) is 24.3 Å². The summed E-state index contributed by atoms with van der Waals surface area (Å²) in [6.45, 7) is 6.01. The molecule has 0 bridgehead atoms. The fourth-order valence-corrected chi connectivity index (χ4v) is 7.86. The van der Waals surface area contributed by atoms with Crippen molar-refractivity contribution in [1.82, 2.24) is 53.2 Å². The molecule has 32 heteroatoms. The van der Waals surface area contributed by atoms with Gasteiger partial charge in [-0.3, -0.25) is 62.3 Å². The molecule has 448 valence electrons. The van der Waals surface area contributed by atoms with E-state index in [1.165, 1.54) is 31.2 Å². The van der Waals surface area contributed by atoms with Gasteiger partial charge in [-0.05, 0) is 76.1 Å². The quantitative estimate of drug-likeness (QED) is 0.0218. The zero-order valence-electron chi connectivity index (χ0n) is 44.9. The van der Waals surface area contributed by atoms with Gasteiger partial charge in [-0.25, -0.2) is 0 Å². The lowest BCUT2D eigenvalue weighted by Crippen LogP contribution is -2.61. The molecule has 11 atom stereocenters. The molecule has 12 amide bonds. The van der Waals surface area contributed by atoms with Crippen molar-refractivity contribution >= 4 is 102 Å². The highest BCUT2D eigenvalue weighted by molar-refractivity contribution is 7.80. The number of hydrogen-bond acceptors (Lipinski definition) is 19. The van der Waals surface area contributed by atoms with Crippen molar-refractivity contribution in [2.45, 2.75) is 153 Å². The largest absolute Gasteiger partial charge is 0.508 e. The first-order valence-corrected chi connectivity index (χ1v) is 26.5. The minimum atomic E-state index is -1.82. The standard InChI is InChI=1S/C48H77N13O17S2/c1-22(2)16-30(58-47(77)38(23(3)62)61-46(76)34(21-80)53-25(5)64)43(73)56-29(13-14-37(68)69)41(71)52-19-36(67)54-32(18-35(50)66)44(74)55-28(8-6-7-15-49)42(72)57-31(17-26-9-11-27(65)12-10-26)45(75)60-39(24(4)63)48(78)59-33(20-79)40(51)70/h9-12,22-24,28-34,38-39,62-63,65,79-80H,6-8,13-21,49H2,1-5H3,(H2,50,66)(H2,51,70)(H,52,71)(H,53,64)(H,54,67)(H,55,74)(H,56,73)(H,57,72)(H,58,77)(H,59,78)(H,60,75)(H,61,76)(H,68,69)/t23-,24-,28+,29+,30+,31+,32+,33+,34+,38+,39+/m1/s1. The first kappa shape index (κ1) is 70.7. The maximum Gasteiger partial charge on any atom is 0.303 e. The molecule has 1 aromatic carbocycles. The summed E-state index contributed by atoms with van der Waals surface area (Å²) in [6, 6.07) is -8.52. The number of aliphatic hydroxyl groups excluding tert-OH is 2. The molecule has 0 aliphatic rings. The van der Waals surface area contributed by atoms with Crippen molar-refractivity contribution in [2.75, 3.05) is 24.6 Å². The third kappa shape index (κ3) is 26.6. The number of nitrogens with two attached hydrogens (primary N) is 3. The van der Waals surface area contributed by atoms with Crippen LogP contribution < -0.4 is 70.4 Å². The van der Waals surface area contributed by atoms with Gasteiger partial charge in [-0.15, -0.1) is 0 Å². The smallest absolute Gasteiger partial charge is 0.303 e. The van der Waals surface area contributed by atoms with Crippen LogP contribution in [0.4, 0.5) is 0 Å². The number of phenolic OH excluding ortho intramolecular Hbond substituents is 1. The minimum absolute atomic E-state index is 0.0870. The molecule has 30 nitrogen and oxygen atoms in total. The summed E-state index contributed by atoms with van der Waals surface area (Å²) in [5.41, 5.74) is 16.8. The molecule has 0 unspecified atom stereocenters. The number of nitrogens with one attached hydrogen (secondary N) is 10. The van der Waals surface area contributed by atoms with Crippen molar-refractivity contribution in [2.24, 2.45) is 23.1 Å². The number of unbranched alkanes of at least 4 members (excludes halogenated alkanes) is 1. The lowest BCUT2D eigenvalue weighted by Gasteiger charge is -2.28. The second-order valence-corrected chi connectivity index (χ2v) is 19.7. The van der Waals surface area contributed by atoms with E-state index in [-0.39, 0.29) is 55.4 Å². The highest BCUT2D eigenvalue weighted by Crippen LogP contribution is 2.14. The number of carbonyl (C=O) groups is 13. The van der Waals surface area contributed by atoms with Gasteiger partial charge in [0.1, 0.15) is 60.1 Å². The summed E-state index contributed by atoms with van der Waals surface area (Å²) in [4.78, 5) is 169. The SMILES string of the molecule is CC(=O)N[C@@H](CS)C(=O)N[C@H](C(=O)N[C@@H](CC(C)C)C(=O)N[C@@H](CCC(=O)O)C(=O)NCC(=O)N[C@@H](CC(N)=O)C(=O)N[C@@H](CCCCN)C(=O)N[C@@H](Cc1ccc(O)cc1)C(=O)N[C@H](C(=O)N[C@@H](CS)C(N)=O)[C@@H](C)O)[C@@H](C)O. The fraction of sp³-hybridized carbons (Fsp3) is 0.604. The second kappa shape index (κ2) is 36.1. The van der Waals surface area contributed by atoms with Crippen LogP contribution in [0, 0.1) is 5.92 Å². The van der Waals surface area contributed by atoms with E-state index in [1.807, 2.05) is 0 Å². The van der Waals surface area contributed by atoms with Gasteiger partial charge < -0.3 is 90.8 Å². The molecule has 0 fully saturated rings. The molecule has 0 heterocycles. The van der Waals surface area contributed by atoms with E-state index in [0.29, 0.717) is 12.0 Å². The number of carbonyl (C=O) groups excluding carboxylic acids is 12. The summed E-state index contributed by atoms with van der Waals surface area (Å²) in [7, 11) is 0. The zero-order chi connectivity index (χ0) is 61.0. The Morgan fingerprint density at radius 3 is 1.48 bits per heavy atom. The number of aliphatic carboxylic acids is 1. The number of aromatic hydroxyl groups is 1. The molecular formula is C48H77N13O17S2. The Labute approximate surface area is 472 Å². The van der Waals surface area contributed by atoms with Crippen LogP contribution in [0.3, 0.4) is 0 Å². The maximum absolute atomic E-state index is 14.1. The van der Waals surface area contributed by atoms with Gasteiger partial charge in [0.15, 0.2) is 0 Å². The van der Waals surface area contributed by atoms with E-state index in [0.717, 1.165) is 13.8 Å². The number of hydrogen-bond donors (Lipinski definition) is 19. The monoisotopic (exact) mass is 1170 g/mol. The number of primary amides is 2. The van der Waals surface area contributed by atoms with E-state index in [4.69, 9.17) is 17.2 Å². The molecular weight excluding hydrogens is 1090 g/mol. The zero-order valence-corrected chi connectivity index (χ0v) is 46.7. The normalized spacial score (nSPS) is 15.1. The van der Waals surface area contributed by atoms with Crippen molar-refractivity contribution < 1.29 is 82.8 Å². The van der Waals surface area contributed by atoms with Crippen LogP contribution in [0.1, 0.15) is 85.1 Å². The first-order chi connectivity index (χ1) is 37.4. The van der Waals surface area contributed by atoms with Crippen LogP contribution >= 0.6 is 25.3 Å².